The Morgan fingerprint density at radius 2 is 1.84 bits per heavy atom. The number of para-hydroxylation sites is 1. The first kappa shape index (κ1) is 26.4. The zero-order valence-electron chi connectivity index (χ0n) is 20.0. The van der Waals surface area contributed by atoms with Gasteiger partial charge in [-0.15, -0.1) is 0 Å². The summed E-state index contributed by atoms with van der Waals surface area (Å²) >= 11 is 3.43. The van der Waals surface area contributed by atoms with Gasteiger partial charge in [0.05, 0.1) is 17.7 Å². The van der Waals surface area contributed by atoms with Gasteiger partial charge in [0, 0.05) is 33.2 Å². The lowest BCUT2D eigenvalue weighted by atomic mass is 10.2. The van der Waals surface area contributed by atoms with Crippen LogP contribution in [0.1, 0.15) is 23.0 Å². The predicted molar refractivity (Wildman–Crippen MR) is 144 cm³/mol. The summed E-state index contributed by atoms with van der Waals surface area (Å²) in [5, 5.41) is 18.1. The van der Waals surface area contributed by atoms with Crippen molar-refractivity contribution in [2.24, 2.45) is 5.10 Å². The third-order valence-electron chi connectivity index (χ3n) is 5.08. The third kappa shape index (κ3) is 6.53. The number of anilines is 1. The Hall–Kier alpha value is -4.71. The Bertz CT molecular complexity index is 1520. The average molecular weight is 581 g/mol. The van der Waals surface area contributed by atoms with Gasteiger partial charge in [-0.1, -0.05) is 18.2 Å². The lowest BCUT2D eigenvalue weighted by Crippen LogP contribution is -2.20. The number of nitro groups is 1. The van der Waals surface area contributed by atoms with E-state index >= 15 is 0 Å². The van der Waals surface area contributed by atoms with Crippen LogP contribution in [0, 0.1) is 10.1 Å². The maximum Gasteiger partial charge on any atom is 0.307 e. The Kier molecular flexibility index (Phi) is 8.34. The van der Waals surface area contributed by atoms with Crippen molar-refractivity contribution in [2.45, 2.75) is 6.92 Å². The SMILES string of the molecule is CCOc1cc(/C=N\NC(=O)c2cc3cc([N+](=O)[O-])ccc3o2)c(Br)cc1OCC(=O)Nc1ccccc1. The molecule has 0 radical (unpaired) electrons. The zero-order chi connectivity index (χ0) is 27.1. The number of rotatable bonds is 10. The lowest BCUT2D eigenvalue weighted by molar-refractivity contribution is -0.384. The molecule has 1 heterocycles. The molecule has 4 rings (SSSR count). The van der Waals surface area contributed by atoms with Gasteiger partial charge in [-0.05, 0) is 59.3 Å². The van der Waals surface area contributed by atoms with Crippen LogP contribution in [0.15, 0.2) is 80.7 Å². The van der Waals surface area contributed by atoms with Gasteiger partial charge in [-0.25, -0.2) is 5.43 Å². The van der Waals surface area contributed by atoms with Crippen LogP contribution in [0.25, 0.3) is 11.0 Å². The van der Waals surface area contributed by atoms with Gasteiger partial charge in [0.15, 0.2) is 23.9 Å². The van der Waals surface area contributed by atoms with Crippen LogP contribution in [0.3, 0.4) is 0 Å². The summed E-state index contributed by atoms with van der Waals surface area (Å²) in [6.07, 6.45) is 1.39. The van der Waals surface area contributed by atoms with Crippen molar-refractivity contribution >= 4 is 56.3 Å². The second kappa shape index (κ2) is 12.0. The number of hydrogen-bond acceptors (Lipinski definition) is 8. The number of nitrogens with one attached hydrogen (secondary N) is 2. The van der Waals surface area contributed by atoms with Crippen molar-refractivity contribution in [1.82, 2.24) is 5.43 Å². The van der Waals surface area contributed by atoms with Gasteiger partial charge in [-0.3, -0.25) is 19.7 Å². The van der Waals surface area contributed by atoms with Crippen molar-refractivity contribution in [1.29, 1.82) is 0 Å². The minimum absolute atomic E-state index is 0.0516. The molecule has 0 aliphatic rings. The Morgan fingerprint density at radius 1 is 1.08 bits per heavy atom. The number of benzene rings is 3. The number of hydrogen-bond donors (Lipinski definition) is 2. The van der Waals surface area contributed by atoms with Crippen molar-refractivity contribution in [3.05, 3.63) is 92.6 Å². The van der Waals surface area contributed by atoms with E-state index in [-0.39, 0.29) is 24.0 Å². The number of nitro benzene ring substituents is 1. The maximum absolute atomic E-state index is 12.5. The highest BCUT2D eigenvalue weighted by Gasteiger charge is 2.15. The first-order valence-corrected chi connectivity index (χ1v) is 12.1. The average Bonchev–Trinajstić information content (AvgIpc) is 3.34. The molecular formula is C26H21BrN4O7. The van der Waals surface area contributed by atoms with E-state index in [2.05, 4.69) is 31.8 Å². The number of nitrogens with zero attached hydrogens (tertiary/aromatic N) is 2. The Balaban J connectivity index is 1.42. The van der Waals surface area contributed by atoms with E-state index in [1.165, 1.54) is 30.5 Å². The maximum atomic E-state index is 12.5. The van der Waals surface area contributed by atoms with Crippen molar-refractivity contribution in [2.75, 3.05) is 18.5 Å². The standard InChI is InChI=1S/C26H21BrN4O7/c1-2-36-22-12-17(20(27)13-23(22)37-15-25(32)29-18-6-4-3-5-7-18)14-28-30-26(33)24-11-16-10-19(31(34)35)8-9-21(16)38-24/h3-14H,2,15H2,1H3,(H,29,32)(H,30,33)/b28-14-. The summed E-state index contributed by atoms with van der Waals surface area (Å²) < 4.78 is 17.4. The van der Waals surface area contributed by atoms with Crippen molar-refractivity contribution in [3.8, 4) is 11.5 Å². The highest BCUT2D eigenvalue weighted by Crippen LogP contribution is 2.33. The number of fused-ring (bicyclic) bond motifs is 1. The number of non-ortho nitro benzene ring substituents is 1. The predicted octanol–water partition coefficient (Wildman–Crippen LogP) is 5.28. The van der Waals surface area contributed by atoms with Crippen LogP contribution in [0.5, 0.6) is 11.5 Å². The molecule has 0 aliphatic carbocycles. The summed E-state index contributed by atoms with van der Waals surface area (Å²) in [6, 6.07) is 17.7. The van der Waals surface area contributed by atoms with E-state index in [4.69, 9.17) is 13.9 Å². The van der Waals surface area contributed by atoms with Gasteiger partial charge >= 0.3 is 5.91 Å². The molecule has 0 unspecified atom stereocenters. The summed E-state index contributed by atoms with van der Waals surface area (Å²) in [7, 11) is 0. The van der Waals surface area contributed by atoms with E-state index < -0.39 is 10.8 Å². The molecule has 11 nitrogen and oxygen atoms in total. The van der Waals surface area contributed by atoms with E-state index in [0.29, 0.717) is 44.8 Å². The van der Waals surface area contributed by atoms with Crippen molar-refractivity contribution < 1.29 is 28.4 Å². The molecule has 0 fully saturated rings. The summed E-state index contributed by atoms with van der Waals surface area (Å²) in [4.78, 5) is 35.1. The molecule has 194 valence electrons. The molecule has 38 heavy (non-hydrogen) atoms. The summed E-state index contributed by atoms with van der Waals surface area (Å²) in [5.74, 6) is -0.285. The quantitative estimate of drug-likeness (QED) is 0.147. The minimum atomic E-state index is -0.634. The lowest BCUT2D eigenvalue weighted by Gasteiger charge is -2.14. The number of carbonyl (C=O) groups excluding carboxylic acids is 2. The highest BCUT2D eigenvalue weighted by atomic mass is 79.9. The number of ether oxygens (including phenoxy) is 2. The fourth-order valence-corrected chi connectivity index (χ4v) is 3.79. The van der Waals surface area contributed by atoms with Gasteiger partial charge < -0.3 is 19.2 Å². The van der Waals surface area contributed by atoms with Gasteiger partial charge in [0.2, 0.25) is 0 Å². The Labute approximate surface area is 224 Å². The number of carbonyl (C=O) groups is 2. The van der Waals surface area contributed by atoms with Crippen LogP contribution in [0.4, 0.5) is 11.4 Å². The normalized spacial score (nSPS) is 10.9. The molecule has 0 aliphatic heterocycles. The second-order valence-electron chi connectivity index (χ2n) is 7.75. The van der Waals surface area contributed by atoms with Crippen LogP contribution in [-0.2, 0) is 4.79 Å². The van der Waals surface area contributed by atoms with Crippen LogP contribution < -0.4 is 20.2 Å². The van der Waals surface area contributed by atoms with E-state index in [1.54, 1.807) is 24.3 Å². The topological polar surface area (TPSA) is 145 Å². The molecule has 3 aromatic carbocycles. The molecular weight excluding hydrogens is 560 g/mol. The third-order valence-corrected chi connectivity index (χ3v) is 5.77. The fourth-order valence-electron chi connectivity index (χ4n) is 3.36. The molecule has 12 heteroatoms. The molecule has 0 bridgehead atoms. The molecule has 4 aromatic rings. The molecule has 1 aromatic heterocycles. The van der Waals surface area contributed by atoms with E-state index in [9.17, 15) is 19.7 Å². The molecule has 0 saturated carbocycles. The van der Waals surface area contributed by atoms with Crippen LogP contribution >= 0.6 is 15.9 Å². The number of halogens is 1. The molecule has 0 atom stereocenters. The van der Waals surface area contributed by atoms with Gasteiger partial charge in [0.1, 0.15) is 5.58 Å². The largest absolute Gasteiger partial charge is 0.490 e. The zero-order valence-corrected chi connectivity index (χ0v) is 21.6. The smallest absolute Gasteiger partial charge is 0.307 e. The summed E-state index contributed by atoms with van der Waals surface area (Å²) in [6.45, 7) is 1.93. The first-order valence-electron chi connectivity index (χ1n) is 11.3. The molecule has 2 N–H and O–H groups in total. The van der Waals surface area contributed by atoms with E-state index in [0.717, 1.165) is 0 Å². The number of amides is 2. The molecule has 2 amide bonds. The van der Waals surface area contributed by atoms with Crippen LogP contribution in [-0.4, -0.2) is 36.2 Å². The Morgan fingerprint density at radius 3 is 2.58 bits per heavy atom. The number of furan rings is 1. The van der Waals surface area contributed by atoms with E-state index in [1.807, 2.05) is 25.1 Å². The highest BCUT2D eigenvalue weighted by molar-refractivity contribution is 9.10. The minimum Gasteiger partial charge on any atom is -0.490 e. The van der Waals surface area contributed by atoms with Crippen LogP contribution in [0.2, 0.25) is 0 Å². The number of hydrazone groups is 1. The molecule has 0 saturated heterocycles. The fraction of sp³-hybridized carbons (Fsp3) is 0.115. The first-order chi connectivity index (χ1) is 18.3. The van der Waals surface area contributed by atoms with Gasteiger partial charge in [0.25, 0.3) is 11.6 Å². The molecule has 0 spiro atoms. The van der Waals surface area contributed by atoms with Gasteiger partial charge in [-0.2, -0.15) is 5.10 Å². The summed E-state index contributed by atoms with van der Waals surface area (Å²) in [5.41, 5.74) is 3.81. The monoisotopic (exact) mass is 580 g/mol. The van der Waals surface area contributed by atoms with Crippen molar-refractivity contribution in [3.63, 3.8) is 0 Å². The second-order valence-corrected chi connectivity index (χ2v) is 8.60.